The number of nitrogens with one attached hydrogen (secondary N) is 1. The minimum atomic E-state index is 0.504. The third kappa shape index (κ3) is 2.67. The monoisotopic (exact) mass is 258 g/mol. The molecule has 1 fully saturated rings. The van der Waals surface area contributed by atoms with Crippen molar-refractivity contribution in [1.82, 2.24) is 19.7 Å². The first-order valence-corrected chi connectivity index (χ1v) is 6.49. The van der Waals surface area contributed by atoms with Crippen LogP contribution in [0.25, 0.3) is 0 Å². The molecule has 3 N–H and O–H groups in total. The molecule has 0 spiro atoms. The summed E-state index contributed by atoms with van der Waals surface area (Å²) in [4.78, 5) is 8.80. The van der Waals surface area contributed by atoms with Crippen LogP contribution in [0.2, 0.25) is 0 Å². The summed E-state index contributed by atoms with van der Waals surface area (Å²) < 4.78 is 1.82. The van der Waals surface area contributed by atoms with Crippen LogP contribution in [0.3, 0.4) is 0 Å². The SMILES string of the molecule is Cc1nn(C)cc1CNc1cc(N)nc(C2CC2)n1. The number of rotatable bonds is 4. The molecule has 3 rings (SSSR count). The largest absolute Gasteiger partial charge is 0.384 e. The normalized spacial score (nSPS) is 14.6. The van der Waals surface area contributed by atoms with Crippen molar-refractivity contribution in [3.8, 4) is 0 Å². The average Bonchev–Trinajstić information content (AvgIpc) is 3.13. The van der Waals surface area contributed by atoms with Gasteiger partial charge in [0.1, 0.15) is 17.5 Å². The molecule has 6 heteroatoms. The van der Waals surface area contributed by atoms with Crippen LogP contribution in [0.4, 0.5) is 11.6 Å². The maximum Gasteiger partial charge on any atom is 0.136 e. The summed E-state index contributed by atoms with van der Waals surface area (Å²) in [5.74, 6) is 2.69. The van der Waals surface area contributed by atoms with Gasteiger partial charge in [-0.3, -0.25) is 4.68 Å². The van der Waals surface area contributed by atoms with E-state index >= 15 is 0 Å². The molecule has 0 bridgehead atoms. The predicted octanol–water partition coefficient (Wildman–Crippen LogP) is 1.59. The van der Waals surface area contributed by atoms with E-state index in [1.165, 1.54) is 12.8 Å². The number of aromatic nitrogens is 4. The summed E-state index contributed by atoms with van der Waals surface area (Å²) in [6.45, 7) is 2.70. The molecule has 100 valence electrons. The van der Waals surface area contributed by atoms with Gasteiger partial charge in [-0.05, 0) is 19.8 Å². The molecule has 0 amide bonds. The van der Waals surface area contributed by atoms with Crippen LogP contribution in [0.1, 0.15) is 35.8 Å². The Balaban J connectivity index is 1.74. The fourth-order valence-electron chi connectivity index (χ4n) is 2.11. The number of hydrogen-bond donors (Lipinski definition) is 2. The zero-order chi connectivity index (χ0) is 13.4. The van der Waals surface area contributed by atoms with E-state index in [2.05, 4.69) is 20.4 Å². The standard InChI is InChI=1S/C13H18N6/c1-8-10(7-19(2)18-8)6-15-12-5-11(14)16-13(17-12)9-3-4-9/h5,7,9H,3-4,6H2,1-2H3,(H3,14,15,16,17). The highest BCUT2D eigenvalue weighted by atomic mass is 15.3. The Bertz CT molecular complexity index is 599. The summed E-state index contributed by atoms with van der Waals surface area (Å²) >= 11 is 0. The quantitative estimate of drug-likeness (QED) is 0.870. The Morgan fingerprint density at radius 3 is 2.84 bits per heavy atom. The lowest BCUT2D eigenvalue weighted by Gasteiger charge is -2.07. The van der Waals surface area contributed by atoms with Crippen LogP contribution in [0.5, 0.6) is 0 Å². The molecule has 2 aromatic heterocycles. The molecule has 19 heavy (non-hydrogen) atoms. The molecule has 0 atom stereocenters. The third-order valence-electron chi connectivity index (χ3n) is 3.28. The van der Waals surface area contributed by atoms with Crippen LogP contribution >= 0.6 is 0 Å². The molecule has 1 aliphatic carbocycles. The van der Waals surface area contributed by atoms with Crippen LogP contribution in [-0.4, -0.2) is 19.7 Å². The topological polar surface area (TPSA) is 81.7 Å². The summed E-state index contributed by atoms with van der Waals surface area (Å²) in [5.41, 5.74) is 8.01. The van der Waals surface area contributed by atoms with Crippen LogP contribution in [0, 0.1) is 6.92 Å². The molecule has 0 aliphatic heterocycles. The number of anilines is 2. The highest BCUT2D eigenvalue weighted by molar-refractivity contribution is 5.45. The van der Waals surface area contributed by atoms with Gasteiger partial charge in [0, 0.05) is 37.3 Å². The molecule has 6 nitrogen and oxygen atoms in total. The van der Waals surface area contributed by atoms with E-state index in [0.717, 1.165) is 22.9 Å². The van der Waals surface area contributed by atoms with Crippen molar-refractivity contribution in [2.45, 2.75) is 32.2 Å². The van der Waals surface area contributed by atoms with Gasteiger partial charge in [0.15, 0.2) is 0 Å². The highest BCUT2D eigenvalue weighted by Crippen LogP contribution is 2.38. The van der Waals surface area contributed by atoms with E-state index in [0.29, 0.717) is 18.3 Å². The van der Waals surface area contributed by atoms with Crippen LogP contribution < -0.4 is 11.1 Å². The Kier molecular flexibility index (Phi) is 2.85. The van der Waals surface area contributed by atoms with Crippen molar-refractivity contribution in [3.63, 3.8) is 0 Å². The Labute approximate surface area is 112 Å². The number of nitrogens with two attached hydrogens (primary N) is 1. The second kappa shape index (κ2) is 4.53. The number of nitrogen functional groups attached to an aromatic ring is 1. The number of hydrogen-bond acceptors (Lipinski definition) is 5. The highest BCUT2D eigenvalue weighted by Gasteiger charge is 2.27. The van der Waals surface area contributed by atoms with Crippen molar-refractivity contribution in [2.24, 2.45) is 7.05 Å². The van der Waals surface area contributed by atoms with E-state index in [1.807, 2.05) is 24.9 Å². The molecule has 0 aromatic carbocycles. The van der Waals surface area contributed by atoms with Gasteiger partial charge in [-0.2, -0.15) is 5.10 Å². The minimum Gasteiger partial charge on any atom is -0.384 e. The van der Waals surface area contributed by atoms with Gasteiger partial charge in [-0.25, -0.2) is 9.97 Å². The molecule has 1 aliphatic rings. The smallest absolute Gasteiger partial charge is 0.136 e. The Hall–Kier alpha value is -2.11. The summed E-state index contributed by atoms with van der Waals surface area (Å²) in [6, 6.07) is 1.78. The van der Waals surface area contributed by atoms with Gasteiger partial charge >= 0.3 is 0 Å². The van der Waals surface area contributed by atoms with E-state index in [9.17, 15) is 0 Å². The first-order chi connectivity index (χ1) is 9.11. The fourth-order valence-corrected chi connectivity index (χ4v) is 2.11. The second-order valence-corrected chi connectivity index (χ2v) is 5.08. The van der Waals surface area contributed by atoms with E-state index in [-0.39, 0.29) is 0 Å². The maximum absolute atomic E-state index is 5.82. The third-order valence-corrected chi connectivity index (χ3v) is 3.28. The van der Waals surface area contributed by atoms with Gasteiger partial charge in [0.05, 0.1) is 5.69 Å². The van der Waals surface area contributed by atoms with Crippen molar-refractivity contribution in [3.05, 3.63) is 29.3 Å². The fraction of sp³-hybridized carbons (Fsp3) is 0.462. The van der Waals surface area contributed by atoms with Crippen molar-refractivity contribution in [2.75, 3.05) is 11.1 Å². The molecule has 0 unspecified atom stereocenters. The van der Waals surface area contributed by atoms with Crippen LogP contribution in [-0.2, 0) is 13.6 Å². The Morgan fingerprint density at radius 2 is 2.21 bits per heavy atom. The maximum atomic E-state index is 5.82. The molecule has 2 aromatic rings. The van der Waals surface area contributed by atoms with Gasteiger partial charge in [-0.1, -0.05) is 0 Å². The molecular formula is C13H18N6. The molecule has 0 saturated heterocycles. The zero-order valence-electron chi connectivity index (χ0n) is 11.2. The summed E-state index contributed by atoms with van der Waals surface area (Å²) in [6.07, 6.45) is 4.35. The summed E-state index contributed by atoms with van der Waals surface area (Å²) in [7, 11) is 1.92. The lowest BCUT2D eigenvalue weighted by molar-refractivity contribution is 0.756. The molecule has 1 saturated carbocycles. The predicted molar refractivity (Wildman–Crippen MR) is 73.7 cm³/mol. The Morgan fingerprint density at radius 1 is 1.42 bits per heavy atom. The average molecular weight is 258 g/mol. The zero-order valence-corrected chi connectivity index (χ0v) is 11.2. The lowest BCUT2D eigenvalue weighted by Crippen LogP contribution is -2.06. The molecule has 2 heterocycles. The van der Waals surface area contributed by atoms with Gasteiger partial charge in [-0.15, -0.1) is 0 Å². The van der Waals surface area contributed by atoms with Crippen LogP contribution in [0.15, 0.2) is 12.3 Å². The van der Waals surface area contributed by atoms with E-state index in [4.69, 9.17) is 5.73 Å². The van der Waals surface area contributed by atoms with Crippen molar-refractivity contribution >= 4 is 11.6 Å². The molecule has 0 radical (unpaired) electrons. The van der Waals surface area contributed by atoms with Crippen molar-refractivity contribution in [1.29, 1.82) is 0 Å². The second-order valence-electron chi connectivity index (χ2n) is 5.08. The summed E-state index contributed by atoms with van der Waals surface area (Å²) in [5, 5.41) is 7.61. The first kappa shape index (κ1) is 12.0. The minimum absolute atomic E-state index is 0.504. The lowest BCUT2D eigenvalue weighted by atomic mass is 10.2. The van der Waals surface area contributed by atoms with Gasteiger partial charge in [0.25, 0.3) is 0 Å². The van der Waals surface area contributed by atoms with Gasteiger partial charge < -0.3 is 11.1 Å². The van der Waals surface area contributed by atoms with E-state index in [1.54, 1.807) is 6.07 Å². The molecular weight excluding hydrogens is 240 g/mol. The number of aryl methyl sites for hydroxylation is 2. The number of nitrogens with zero attached hydrogens (tertiary/aromatic N) is 4. The van der Waals surface area contributed by atoms with Gasteiger partial charge in [0.2, 0.25) is 0 Å². The van der Waals surface area contributed by atoms with Crippen molar-refractivity contribution < 1.29 is 0 Å². The first-order valence-electron chi connectivity index (χ1n) is 6.49. The van der Waals surface area contributed by atoms with E-state index < -0.39 is 0 Å².